The Morgan fingerprint density at radius 1 is 0.667 bits per heavy atom. The highest BCUT2D eigenvalue weighted by molar-refractivity contribution is 6.08. The molecule has 0 saturated heterocycles. The smallest absolute Gasteiger partial charge is 0.0706 e. The lowest BCUT2D eigenvalue weighted by Crippen LogP contribution is -2.06. The molecule has 0 spiro atoms. The van der Waals surface area contributed by atoms with Crippen molar-refractivity contribution < 1.29 is 0 Å². The Bertz CT molecular complexity index is 920. The molecule has 2 heteroatoms. The molecule has 0 aliphatic carbocycles. The van der Waals surface area contributed by atoms with E-state index in [0.717, 1.165) is 17.5 Å². The van der Waals surface area contributed by atoms with Gasteiger partial charge < -0.3 is 5.84 Å². The van der Waals surface area contributed by atoms with Gasteiger partial charge in [-0.05, 0) is 29.7 Å². The van der Waals surface area contributed by atoms with Gasteiger partial charge in [-0.2, -0.15) is 0 Å². The summed E-state index contributed by atoms with van der Waals surface area (Å²) in [4.78, 5) is 0. The first-order valence-electron chi connectivity index (χ1n) is 7.14. The summed E-state index contributed by atoms with van der Waals surface area (Å²) in [6.07, 6.45) is 0.929. The van der Waals surface area contributed by atoms with E-state index < -0.39 is 0 Å². The Labute approximate surface area is 123 Å². The maximum Gasteiger partial charge on any atom is 0.0706 e. The lowest BCUT2D eigenvalue weighted by atomic mass is 10.0. The molecule has 0 saturated carbocycles. The number of hydrogen-bond donors (Lipinski definition) is 1. The lowest BCUT2D eigenvalue weighted by molar-refractivity contribution is 1.11. The van der Waals surface area contributed by atoms with Gasteiger partial charge in [0, 0.05) is 10.8 Å². The van der Waals surface area contributed by atoms with Crippen LogP contribution in [0.2, 0.25) is 0 Å². The quantitative estimate of drug-likeness (QED) is 0.547. The number of nitrogen functional groups attached to an aromatic ring is 1. The molecule has 3 aromatic carbocycles. The third kappa shape index (κ3) is 1.96. The minimum absolute atomic E-state index is 0.929. The Balaban J connectivity index is 1.86. The van der Waals surface area contributed by atoms with Crippen LogP contribution in [-0.4, -0.2) is 4.68 Å². The molecule has 0 radical (unpaired) electrons. The summed E-state index contributed by atoms with van der Waals surface area (Å²) in [5.74, 6) is 6.25. The summed E-state index contributed by atoms with van der Waals surface area (Å²) >= 11 is 0. The van der Waals surface area contributed by atoms with Gasteiger partial charge in [0.15, 0.2) is 0 Å². The van der Waals surface area contributed by atoms with Crippen LogP contribution in [0.3, 0.4) is 0 Å². The lowest BCUT2D eigenvalue weighted by Gasteiger charge is -2.03. The van der Waals surface area contributed by atoms with E-state index in [1.54, 1.807) is 4.68 Å². The molecule has 0 aliphatic heterocycles. The number of nitrogens with two attached hydrogens (primary N) is 1. The summed E-state index contributed by atoms with van der Waals surface area (Å²) in [7, 11) is 0. The van der Waals surface area contributed by atoms with Crippen LogP contribution in [0, 0.1) is 0 Å². The number of benzene rings is 3. The number of para-hydroxylation sites is 1. The monoisotopic (exact) mass is 272 g/mol. The fourth-order valence-electron chi connectivity index (χ4n) is 2.99. The van der Waals surface area contributed by atoms with E-state index in [-0.39, 0.29) is 0 Å². The van der Waals surface area contributed by atoms with Crippen molar-refractivity contribution >= 4 is 21.8 Å². The van der Waals surface area contributed by atoms with E-state index >= 15 is 0 Å². The normalized spacial score (nSPS) is 11.2. The Hall–Kier alpha value is -2.74. The average Bonchev–Trinajstić information content (AvgIpc) is 2.82. The Morgan fingerprint density at radius 2 is 1.38 bits per heavy atom. The molecule has 1 aromatic heterocycles. The molecule has 4 aromatic rings. The number of aromatic nitrogens is 1. The molecule has 0 bridgehead atoms. The fraction of sp³-hybridized carbons (Fsp3) is 0.0526. The summed E-state index contributed by atoms with van der Waals surface area (Å²) < 4.78 is 1.79. The second kappa shape index (κ2) is 4.67. The van der Waals surface area contributed by atoms with Gasteiger partial charge in [-0.1, -0.05) is 60.7 Å². The third-order valence-corrected chi connectivity index (χ3v) is 4.03. The zero-order valence-electron chi connectivity index (χ0n) is 11.7. The number of rotatable bonds is 2. The SMILES string of the molecule is Nn1c2ccccc2c2ccc(Cc3ccccc3)cc21. The molecule has 4 rings (SSSR count). The molecule has 21 heavy (non-hydrogen) atoms. The van der Waals surface area contributed by atoms with Crippen LogP contribution < -0.4 is 5.84 Å². The first-order chi connectivity index (χ1) is 10.3. The number of nitrogens with zero attached hydrogens (tertiary/aromatic N) is 1. The van der Waals surface area contributed by atoms with Crippen LogP contribution in [0.15, 0.2) is 72.8 Å². The highest BCUT2D eigenvalue weighted by Crippen LogP contribution is 2.28. The van der Waals surface area contributed by atoms with Gasteiger partial charge in [0.05, 0.1) is 11.0 Å². The molecule has 0 amide bonds. The molecule has 0 fully saturated rings. The van der Waals surface area contributed by atoms with Gasteiger partial charge >= 0.3 is 0 Å². The summed E-state index contributed by atoms with van der Waals surface area (Å²) in [5.41, 5.74) is 4.76. The average molecular weight is 272 g/mol. The minimum Gasteiger partial charge on any atom is -0.339 e. The van der Waals surface area contributed by atoms with E-state index in [1.165, 1.54) is 21.9 Å². The first kappa shape index (κ1) is 12.0. The summed E-state index contributed by atoms with van der Waals surface area (Å²) in [5, 5.41) is 2.42. The molecule has 102 valence electrons. The number of hydrogen-bond acceptors (Lipinski definition) is 1. The second-order valence-corrected chi connectivity index (χ2v) is 5.40. The van der Waals surface area contributed by atoms with Crippen LogP contribution >= 0.6 is 0 Å². The van der Waals surface area contributed by atoms with Gasteiger partial charge in [-0.15, -0.1) is 0 Å². The third-order valence-electron chi connectivity index (χ3n) is 4.03. The highest BCUT2D eigenvalue weighted by atomic mass is 15.3. The van der Waals surface area contributed by atoms with Crippen molar-refractivity contribution in [3.63, 3.8) is 0 Å². The van der Waals surface area contributed by atoms with E-state index in [4.69, 9.17) is 5.84 Å². The molecule has 1 heterocycles. The topological polar surface area (TPSA) is 30.9 Å². The van der Waals surface area contributed by atoms with Crippen LogP contribution in [0.5, 0.6) is 0 Å². The zero-order valence-corrected chi connectivity index (χ0v) is 11.7. The van der Waals surface area contributed by atoms with Gasteiger partial charge in [0.1, 0.15) is 0 Å². The summed E-state index contributed by atoms with van der Waals surface area (Å²) in [6, 6.07) is 25.3. The Morgan fingerprint density at radius 3 is 2.24 bits per heavy atom. The molecule has 0 unspecified atom stereocenters. The number of fused-ring (bicyclic) bond motifs is 3. The van der Waals surface area contributed by atoms with Crippen molar-refractivity contribution in [1.29, 1.82) is 0 Å². The van der Waals surface area contributed by atoms with Crippen molar-refractivity contribution in [1.82, 2.24) is 4.68 Å². The minimum atomic E-state index is 0.929. The van der Waals surface area contributed by atoms with E-state index in [2.05, 4.69) is 60.7 Å². The van der Waals surface area contributed by atoms with Crippen molar-refractivity contribution in [2.75, 3.05) is 5.84 Å². The largest absolute Gasteiger partial charge is 0.339 e. The van der Waals surface area contributed by atoms with Gasteiger partial charge in [-0.3, -0.25) is 4.68 Å². The van der Waals surface area contributed by atoms with Crippen LogP contribution in [0.4, 0.5) is 0 Å². The van der Waals surface area contributed by atoms with Crippen molar-refractivity contribution in [3.8, 4) is 0 Å². The molecular weight excluding hydrogens is 256 g/mol. The van der Waals surface area contributed by atoms with Gasteiger partial charge in [-0.25, -0.2) is 0 Å². The van der Waals surface area contributed by atoms with Crippen LogP contribution in [-0.2, 0) is 6.42 Å². The maximum absolute atomic E-state index is 6.25. The first-order valence-corrected chi connectivity index (χ1v) is 7.14. The molecule has 0 atom stereocenters. The van der Waals surface area contributed by atoms with Crippen molar-refractivity contribution in [2.45, 2.75) is 6.42 Å². The second-order valence-electron chi connectivity index (χ2n) is 5.40. The molecule has 2 nitrogen and oxygen atoms in total. The predicted octanol–water partition coefficient (Wildman–Crippen LogP) is 4.10. The standard InChI is InChI=1S/C19H16N2/c20-21-18-9-5-4-8-16(18)17-11-10-15(13-19(17)21)12-14-6-2-1-3-7-14/h1-11,13H,12,20H2. The highest BCUT2D eigenvalue weighted by Gasteiger charge is 2.08. The van der Waals surface area contributed by atoms with Crippen molar-refractivity contribution in [2.24, 2.45) is 0 Å². The molecule has 2 N–H and O–H groups in total. The van der Waals surface area contributed by atoms with Crippen LogP contribution in [0.25, 0.3) is 21.8 Å². The zero-order chi connectivity index (χ0) is 14.2. The fourth-order valence-corrected chi connectivity index (χ4v) is 2.99. The van der Waals surface area contributed by atoms with Crippen LogP contribution in [0.1, 0.15) is 11.1 Å². The van der Waals surface area contributed by atoms with Gasteiger partial charge in [0.25, 0.3) is 0 Å². The van der Waals surface area contributed by atoms with E-state index in [9.17, 15) is 0 Å². The van der Waals surface area contributed by atoms with Gasteiger partial charge in [0.2, 0.25) is 0 Å². The molecule has 0 aliphatic rings. The maximum atomic E-state index is 6.25. The summed E-state index contributed by atoms with van der Waals surface area (Å²) in [6.45, 7) is 0. The molecular formula is C19H16N2. The Kier molecular flexibility index (Phi) is 2.68. The van der Waals surface area contributed by atoms with Crippen molar-refractivity contribution in [3.05, 3.63) is 83.9 Å². The van der Waals surface area contributed by atoms with E-state index in [1.807, 2.05) is 12.1 Å². The van der Waals surface area contributed by atoms with E-state index in [0.29, 0.717) is 0 Å². The predicted molar refractivity (Wildman–Crippen MR) is 88.8 cm³/mol.